The van der Waals surface area contributed by atoms with E-state index < -0.39 is 0 Å². The van der Waals surface area contributed by atoms with Crippen LogP contribution in [0.5, 0.6) is 5.75 Å². The number of amides is 1. The molecular weight excluding hydrogens is 316 g/mol. The Bertz CT molecular complexity index is 619. The number of nitrogens with zero attached hydrogens (tertiary/aromatic N) is 1. The molecule has 1 heterocycles. The van der Waals surface area contributed by atoms with Crippen LogP contribution in [0, 0.1) is 0 Å². The Morgan fingerprint density at radius 2 is 1.92 bits per heavy atom. The molecular formula is C20H28N2O3. The Hall–Kier alpha value is -2.27. The second kappa shape index (κ2) is 9.89. The highest BCUT2D eigenvalue weighted by molar-refractivity contribution is 5.76. The van der Waals surface area contributed by atoms with Gasteiger partial charge in [-0.15, -0.1) is 0 Å². The van der Waals surface area contributed by atoms with E-state index in [0.717, 1.165) is 24.6 Å². The third-order valence-electron chi connectivity index (χ3n) is 4.42. The van der Waals surface area contributed by atoms with Crippen LogP contribution >= 0.6 is 0 Å². The molecule has 2 aromatic rings. The van der Waals surface area contributed by atoms with Crippen LogP contribution in [0.2, 0.25) is 0 Å². The summed E-state index contributed by atoms with van der Waals surface area (Å²) < 4.78 is 10.5. The number of ether oxygens (including phenoxy) is 1. The number of hydrogen-bond donors (Lipinski definition) is 1. The first-order valence-corrected chi connectivity index (χ1v) is 8.85. The average molecular weight is 344 g/mol. The summed E-state index contributed by atoms with van der Waals surface area (Å²) in [4.78, 5) is 14.5. The number of benzene rings is 1. The minimum absolute atomic E-state index is 0.0436. The van der Waals surface area contributed by atoms with Crippen molar-refractivity contribution < 1.29 is 13.9 Å². The van der Waals surface area contributed by atoms with Crippen LogP contribution in [0.3, 0.4) is 0 Å². The smallest absolute Gasteiger partial charge is 0.220 e. The van der Waals surface area contributed by atoms with Crippen LogP contribution in [-0.2, 0) is 11.2 Å². The summed E-state index contributed by atoms with van der Waals surface area (Å²) in [5.74, 6) is 1.72. The molecule has 1 aromatic heterocycles. The summed E-state index contributed by atoms with van der Waals surface area (Å²) in [6.45, 7) is 6.72. The van der Waals surface area contributed by atoms with Crippen molar-refractivity contribution in [1.82, 2.24) is 10.2 Å². The van der Waals surface area contributed by atoms with Crippen LogP contribution in [0.4, 0.5) is 0 Å². The molecule has 0 aliphatic carbocycles. The quantitative estimate of drug-likeness (QED) is 0.717. The van der Waals surface area contributed by atoms with Crippen molar-refractivity contribution >= 4 is 5.91 Å². The van der Waals surface area contributed by atoms with Gasteiger partial charge in [0.2, 0.25) is 5.91 Å². The number of likely N-dealkylation sites (N-methyl/N-ethyl adjacent to an activating group) is 1. The summed E-state index contributed by atoms with van der Waals surface area (Å²) in [5.41, 5.74) is 1.18. The zero-order valence-corrected chi connectivity index (χ0v) is 15.3. The molecule has 0 aliphatic rings. The molecule has 136 valence electrons. The zero-order valence-electron chi connectivity index (χ0n) is 15.3. The molecule has 1 amide bonds. The summed E-state index contributed by atoms with van der Waals surface area (Å²) in [6.07, 6.45) is 2.69. The molecule has 0 bridgehead atoms. The molecule has 5 nitrogen and oxygen atoms in total. The van der Waals surface area contributed by atoms with Gasteiger partial charge in [0.15, 0.2) is 0 Å². The first kappa shape index (κ1) is 19.1. The lowest BCUT2D eigenvalue weighted by molar-refractivity contribution is -0.121. The van der Waals surface area contributed by atoms with Crippen LogP contribution in [0.25, 0.3) is 0 Å². The van der Waals surface area contributed by atoms with E-state index in [-0.39, 0.29) is 11.9 Å². The van der Waals surface area contributed by atoms with Gasteiger partial charge in [-0.1, -0.05) is 26.0 Å². The maximum absolute atomic E-state index is 12.2. The number of aryl methyl sites for hydroxylation is 1. The third-order valence-corrected chi connectivity index (χ3v) is 4.42. The Kier molecular flexibility index (Phi) is 7.54. The van der Waals surface area contributed by atoms with E-state index in [2.05, 4.69) is 36.2 Å². The molecule has 0 saturated carbocycles. The lowest BCUT2D eigenvalue weighted by atomic mass is 10.0. The first-order chi connectivity index (χ1) is 12.2. The van der Waals surface area contributed by atoms with Gasteiger partial charge in [0.1, 0.15) is 11.5 Å². The van der Waals surface area contributed by atoms with Gasteiger partial charge < -0.3 is 14.5 Å². The van der Waals surface area contributed by atoms with Gasteiger partial charge in [-0.25, -0.2) is 0 Å². The number of methoxy groups -OCH3 is 1. The minimum atomic E-state index is 0.0436. The fourth-order valence-corrected chi connectivity index (χ4v) is 2.94. The Balaban J connectivity index is 1.96. The van der Waals surface area contributed by atoms with Crippen molar-refractivity contribution in [1.29, 1.82) is 0 Å². The molecule has 0 aliphatic heterocycles. The average Bonchev–Trinajstić information content (AvgIpc) is 3.17. The molecule has 1 N–H and O–H groups in total. The zero-order chi connectivity index (χ0) is 18.1. The predicted octanol–water partition coefficient (Wildman–Crippen LogP) is 3.42. The van der Waals surface area contributed by atoms with Gasteiger partial charge in [0.25, 0.3) is 0 Å². The van der Waals surface area contributed by atoms with E-state index in [9.17, 15) is 4.79 Å². The summed E-state index contributed by atoms with van der Waals surface area (Å²) in [7, 11) is 1.66. The number of furan rings is 1. The van der Waals surface area contributed by atoms with Gasteiger partial charge in [-0.2, -0.15) is 0 Å². The SMILES string of the molecule is CCN(CC)C(CNC(=O)CCc1ccco1)c1ccc(OC)cc1. The third kappa shape index (κ3) is 5.64. The number of carbonyl (C=O) groups excluding carboxylic acids is 1. The highest BCUT2D eigenvalue weighted by atomic mass is 16.5. The lowest BCUT2D eigenvalue weighted by Gasteiger charge is -2.30. The summed E-state index contributed by atoms with van der Waals surface area (Å²) in [5, 5.41) is 3.07. The highest BCUT2D eigenvalue weighted by Gasteiger charge is 2.19. The normalized spacial score (nSPS) is 12.2. The second-order valence-corrected chi connectivity index (χ2v) is 5.89. The maximum Gasteiger partial charge on any atom is 0.220 e. The van der Waals surface area contributed by atoms with Crippen molar-refractivity contribution in [3.05, 3.63) is 54.0 Å². The summed E-state index contributed by atoms with van der Waals surface area (Å²) in [6, 6.07) is 11.9. The lowest BCUT2D eigenvalue weighted by Crippen LogP contribution is -2.38. The molecule has 1 atom stereocenters. The van der Waals surface area contributed by atoms with Crippen LogP contribution < -0.4 is 10.1 Å². The standard InChI is InChI=1S/C20H28N2O3/c1-4-22(5-2)19(16-8-10-17(24-3)11-9-16)15-21-20(23)13-12-18-7-6-14-25-18/h6-11,14,19H,4-5,12-13,15H2,1-3H3,(H,21,23). The summed E-state index contributed by atoms with van der Waals surface area (Å²) >= 11 is 0. The fraction of sp³-hybridized carbons (Fsp3) is 0.450. The molecule has 1 unspecified atom stereocenters. The number of nitrogens with one attached hydrogen (secondary N) is 1. The maximum atomic E-state index is 12.2. The molecule has 0 spiro atoms. The molecule has 5 heteroatoms. The first-order valence-electron chi connectivity index (χ1n) is 8.85. The van der Waals surface area contributed by atoms with E-state index >= 15 is 0 Å². The van der Waals surface area contributed by atoms with Crippen LogP contribution in [0.15, 0.2) is 47.1 Å². The number of rotatable bonds is 10. The van der Waals surface area contributed by atoms with Gasteiger partial charge in [0.05, 0.1) is 19.4 Å². The van der Waals surface area contributed by atoms with Crippen molar-refractivity contribution in [2.24, 2.45) is 0 Å². The van der Waals surface area contributed by atoms with Crippen molar-refractivity contribution in [2.75, 3.05) is 26.7 Å². The molecule has 0 saturated heterocycles. The topological polar surface area (TPSA) is 54.7 Å². The van der Waals surface area contributed by atoms with Crippen molar-refractivity contribution in [3.8, 4) is 5.75 Å². The van der Waals surface area contributed by atoms with Crippen LogP contribution in [0.1, 0.15) is 37.6 Å². The van der Waals surface area contributed by atoms with Crippen molar-refractivity contribution in [2.45, 2.75) is 32.7 Å². The van der Waals surface area contributed by atoms with Gasteiger partial charge in [0, 0.05) is 19.4 Å². The van der Waals surface area contributed by atoms with Crippen LogP contribution in [-0.4, -0.2) is 37.6 Å². The molecule has 25 heavy (non-hydrogen) atoms. The van der Waals surface area contributed by atoms with Gasteiger partial charge in [-0.05, 0) is 42.9 Å². The van der Waals surface area contributed by atoms with Crippen molar-refractivity contribution in [3.63, 3.8) is 0 Å². The van der Waals surface area contributed by atoms with E-state index in [4.69, 9.17) is 9.15 Å². The van der Waals surface area contributed by atoms with E-state index in [1.165, 1.54) is 5.56 Å². The number of hydrogen-bond acceptors (Lipinski definition) is 4. The Morgan fingerprint density at radius 3 is 2.48 bits per heavy atom. The molecule has 0 radical (unpaired) electrons. The largest absolute Gasteiger partial charge is 0.497 e. The predicted molar refractivity (Wildman–Crippen MR) is 98.7 cm³/mol. The highest BCUT2D eigenvalue weighted by Crippen LogP contribution is 2.22. The monoisotopic (exact) mass is 344 g/mol. The fourth-order valence-electron chi connectivity index (χ4n) is 2.94. The van der Waals surface area contributed by atoms with Gasteiger partial charge in [-0.3, -0.25) is 9.69 Å². The second-order valence-electron chi connectivity index (χ2n) is 5.89. The van der Waals surface area contributed by atoms with E-state index in [1.54, 1.807) is 13.4 Å². The van der Waals surface area contributed by atoms with E-state index in [0.29, 0.717) is 19.4 Å². The molecule has 0 fully saturated rings. The number of carbonyl (C=O) groups is 1. The minimum Gasteiger partial charge on any atom is -0.497 e. The van der Waals surface area contributed by atoms with Gasteiger partial charge >= 0.3 is 0 Å². The molecule has 2 rings (SSSR count). The Morgan fingerprint density at radius 1 is 1.20 bits per heavy atom. The molecule has 1 aromatic carbocycles. The van der Waals surface area contributed by atoms with E-state index in [1.807, 2.05) is 24.3 Å². The Labute approximate surface area is 150 Å².